The summed E-state index contributed by atoms with van der Waals surface area (Å²) in [5.74, 6) is 0. The van der Waals surface area contributed by atoms with E-state index in [0.29, 0.717) is 0 Å². The molecule has 0 aromatic carbocycles. The standard InChI is InChI=1S/C12H22N2OS/c1-5-6-7-8-9(15)10-11(12(2,3)4)13-14-16-10/h9,15H,5-8H2,1-4H3. The molecule has 16 heavy (non-hydrogen) atoms. The van der Waals surface area contributed by atoms with Crippen molar-refractivity contribution in [3.05, 3.63) is 10.6 Å². The molecule has 1 rings (SSSR count). The van der Waals surface area contributed by atoms with Crippen molar-refractivity contribution in [1.82, 2.24) is 9.59 Å². The molecule has 0 fully saturated rings. The number of aromatic nitrogens is 2. The van der Waals surface area contributed by atoms with Crippen LogP contribution in [0.15, 0.2) is 0 Å². The molecular formula is C12H22N2OS. The number of rotatable bonds is 5. The van der Waals surface area contributed by atoms with Crippen LogP contribution < -0.4 is 0 Å². The van der Waals surface area contributed by atoms with Crippen LogP contribution in [0, 0.1) is 0 Å². The average molecular weight is 242 g/mol. The topological polar surface area (TPSA) is 46.0 Å². The van der Waals surface area contributed by atoms with Crippen LogP contribution in [-0.4, -0.2) is 14.7 Å². The van der Waals surface area contributed by atoms with Crippen molar-refractivity contribution in [2.75, 3.05) is 0 Å². The van der Waals surface area contributed by atoms with Gasteiger partial charge in [-0.15, -0.1) is 5.10 Å². The van der Waals surface area contributed by atoms with Gasteiger partial charge in [0.25, 0.3) is 0 Å². The Labute approximate surface area is 102 Å². The Hall–Kier alpha value is -0.480. The van der Waals surface area contributed by atoms with Crippen molar-refractivity contribution in [3.8, 4) is 0 Å². The highest BCUT2D eigenvalue weighted by atomic mass is 32.1. The molecule has 0 aliphatic rings. The second-order valence-corrected chi connectivity index (χ2v) is 6.03. The van der Waals surface area contributed by atoms with Crippen LogP contribution in [0.25, 0.3) is 0 Å². The third-order valence-electron chi connectivity index (χ3n) is 2.61. The Balaban J connectivity index is 2.68. The maximum atomic E-state index is 10.1. The largest absolute Gasteiger partial charge is 0.387 e. The summed E-state index contributed by atoms with van der Waals surface area (Å²) in [5, 5.41) is 14.3. The van der Waals surface area contributed by atoms with E-state index in [2.05, 4.69) is 37.3 Å². The molecule has 0 bridgehead atoms. The number of hydrogen-bond acceptors (Lipinski definition) is 4. The van der Waals surface area contributed by atoms with Gasteiger partial charge in [0, 0.05) is 5.41 Å². The molecule has 1 aromatic heterocycles. The molecule has 0 aliphatic carbocycles. The Bertz CT molecular complexity index is 317. The quantitative estimate of drug-likeness (QED) is 0.804. The third kappa shape index (κ3) is 3.52. The van der Waals surface area contributed by atoms with Gasteiger partial charge in [0.05, 0.1) is 16.7 Å². The Morgan fingerprint density at radius 2 is 2.00 bits per heavy atom. The Kier molecular flexibility index (Phi) is 4.87. The van der Waals surface area contributed by atoms with Gasteiger partial charge >= 0.3 is 0 Å². The minimum Gasteiger partial charge on any atom is -0.387 e. The van der Waals surface area contributed by atoms with Crippen LogP contribution in [-0.2, 0) is 5.41 Å². The summed E-state index contributed by atoms with van der Waals surface area (Å²) >= 11 is 1.33. The summed E-state index contributed by atoms with van der Waals surface area (Å²) in [7, 11) is 0. The minimum atomic E-state index is -0.388. The predicted octanol–water partition coefficient (Wildman–Crippen LogP) is 3.45. The zero-order chi connectivity index (χ0) is 12.2. The molecular weight excluding hydrogens is 220 g/mol. The van der Waals surface area contributed by atoms with Crippen molar-refractivity contribution in [2.45, 2.75) is 64.9 Å². The molecule has 4 heteroatoms. The normalized spacial score (nSPS) is 14.1. The molecule has 92 valence electrons. The highest BCUT2D eigenvalue weighted by molar-refractivity contribution is 7.05. The molecule has 0 saturated heterocycles. The second-order valence-electron chi connectivity index (χ2n) is 5.25. The first-order valence-corrected chi connectivity index (χ1v) is 6.75. The van der Waals surface area contributed by atoms with Crippen LogP contribution >= 0.6 is 11.5 Å². The van der Waals surface area contributed by atoms with Gasteiger partial charge in [-0.3, -0.25) is 0 Å². The van der Waals surface area contributed by atoms with E-state index < -0.39 is 0 Å². The first-order chi connectivity index (χ1) is 7.46. The van der Waals surface area contributed by atoms with Gasteiger partial charge in [-0.1, -0.05) is 51.4 Å². The summed E-state index contributed by atoms with van der Waals surface area (Å²) in [6.45, 7) is 8.48. The van der Waals surface area contributed by atoms with Crippen molar-refractivity contribution < 1.29 is 5.11 Å². The van der Waals surface area contributed by atoms with Crippen molar-refractivity contribution in [3.63, 3.8) is 0 Å². The lowest BCUT2D eigenvalue weighted by Crippen LogP contribution is -2.15. The van der Waals surface area contributed by atoms with Gasteiger partial charge in [-0.2, -0.15) is 0 Å². The average Bonchev–Trinajstić information content (AvgIpc) is 2.65. The van der Waals surface area contributed by atoms with Gasteiger partial charge in [-0.25, -0.2) is 0 Å². The molecule has 0 radical (unpaired) electrons. The Morgan fingerprint density at radius 1 is 1.31 bits per heavy atom. The molecule has 0 aliphatic heterocycles. The molecule has 0 saturated carbocycles. The zero-order valence-corrected chi connectivity index (χ0v) is 11.5. The first kappa shape index (κ1) is 13.6. The fourth-order valence-corrected chi connectivity index (χ4v) is 2.54. The maximum absolute atomic E-state index is 10.1. The fraction of sp³-hybridized carbons (Fsp3) is 0.833. The smallest absolute Gasteiger partial charge is 0.0917 e. The van der Waals surface area contributed by atoms with Gasteiger partial charge in [0.2, 0.25) is 0 Å². The molecule has 1 unspecified atom stereocenters. The van der Waals surface area contributed by atoms with E-state index in [9.17, 15) is 5.11 Å². The SMILES string of the molecule is CCCCCC(O)c1snnc1C(C)(C)C. The molecule has 1 aromatic rings. The minimum absolute atomic E-state index is 0.0337. The first-order valence-electron chi connectivity index (χ1n) is 5.97. The van der Waals surface area contributed by atoms with Crippen molar-refractivity contribution in [1.29, 1.82) is 0 Å². The van der Waals surface area contributed by atoms with E-state index in [-0.39, 0.29) is 11.5 Å². The molecule has 1 N–H and O–H groups in total. The zero-order valence-electron chi connectivity index (χ0n) is 10.7. The highest BCUT2D eigenvalue weighted by Gasteiger charge is 2.25. The highest BCUT2D eigenvalue weighted by Crippen LogP contribution is 2.32. The van der Waals surface area contributed by atoms with Crippen LogP contribution in [0.2, 0.25) is 0 Å². The number of aliphatic hydroxyl groups is 1. The molecule has 0 spiro atoms. The maximum Gasteiger partial charge on any atom is 0.0917 e. The molecule has 1 atom stereocenters. The van der Waals surface area contributed by atoms with E-state index in [1.807, 2.05) is 0 Å². The third-order valence-corrected chi connectivity index (χ3v) is 3.43. The summed E-state index contributed by atoms with van der Waals surface area (Å²) in [6, 6.07) is 0. The number of hydrogen-bond donors (Lipinski definition) is 1. The summed E-state index contributed by atoms with van der Waals surface area (Å²) in [5.41, 5.74) is 0.912. The molecule has 1 heterocycles. The lowest BCUT2D eigenvalue weighted by atomic mass is 9.90. The lowest BCUT2D eigenvalue weighted by Gasteiger charge is -2.18. The predicted molar refractivity (Wildman–Crippen MR) is 67.7 cm³/mol. The summed E-state index contributed by atoms with van der Waals surface area (Å²) in [6.07, 6.45) is 3.86. The van der Waals surface area contributed by atoms with Crippen LogP contribution in [0.5, 0.6) is 0 Å². The summed E-state index contributed by atoms with van der Waals surface area (Å²) < 4.78 is 3.97. The van der Waals surface area contributed by atoms with Gasteiger partial charge < -0.3 is 5.11 Å². The van der Waals surface area contributed by atoms with E-state index in [4.69, 9.17) is 0 Å². The Morgan fingerprint density at radius 3 is 2.56 bits per heavy atom. The van der Waals surface area contributed by atoms with Crippen molar-refractivity contribution >= 4 is 11.5 Å². The molecule has 0 amide bonds. The number of unbranched alkanes of at least 4 members (excludes halogenated alkanes) is 2. The van der Waals surface area contributed by atoms with Gasteiger partial charge in [-0.05, 0) is 18.0 Å². The fourth-order valence-electron chi connectivity index (χ4n) is 1.65. The van der Waals surface area contributed by atoms with E-state index in [1.54, 1.807) is 0 Å². The van der Waals surface area contributed by atoms with Crippen LogP contribution in [0.1, 0.15) is 70.1 Å². The van der Waals surface area contributed by atoms with E-state index in [0.717, 1.165) is 23.4 Å². The lowest BCUT2D eigenvalue weighted by molar-refractivity contribution is 0.165. The van der Waals surface area contributed by atoms with Crippen LogP contribution in [0.4, 0.5) is 0 Å². The number of nitrogens with zero attached hydrogens (tertiary/aromatic N) is 2. The number of aliphatic hydroxyl groups excluding tert-OH is 1. The molecule has 3 nitrogen and oxygen atoms in total. The second kappa shape index (κ2) is 5.73. The van der Waals surface area contributed by atoms with E-state index in [1.165, 1.54) is 24.4 Å². The van der Waals surface area contributed by atoms with Crippen molar-refractivity contribution in [2.24, 2.45) is 0 Å². The summed E-state index contributed by atoms with van der Waals surface area (Å²) in [4.78, 5) is 0.948. The van der Waals surface area contributed by atoms with Crippen LogP contribution in [0.3, 0.4) is 0 Å². The monoisotopic (exact) mass is 242 g/mol. The van der Waals surface area contributed by atoms with Gasteiger partial charge in [0.15, 0.2) is 0 Å². The van der Waals surface area contributed by atoms with Gasteiger partial charge in [0.1, 0.15) is 0 Å². The van der Waals surface area contributed by atoms with E-state index >= 15 is 0 Å².